The summed E-state index contributed by atoms with van der Waals surface area (Å²) >= 11 is 1.28. The van der Waals surface area contributed by atoms with Gasteiger partial charge in [0.25, 0.3) is 5.91 Å². The van der Waals surface area contributed by atoms with Crippen LogP contribution in [0.1, 0.15) is 24.8 Å². The third-order valence-electron chi connectivity index (χ3n) is 6.72. The summed E-state index contributed by atoms with van der Waals surface area (Å²) in [6.07, 6.45) is 1.80. The number of hydrogen-bond acceptors (Lipinski definition) is 11. The molecular formula is C25H28N6O5S2. The maximum atomic E-state index is 13.4. The molecule has 0 radical (unpaired) electrons. The highest BCUT2D eigenvalue weighted by Crippen LogP contribution is 2.33. The number of ether oxygens (including phenoxy) is 1. The Balaban J connectivity index is 1.23. The molecule has 3 fully saturated rings. The summed E-state index contributed by atoms with van der Waals surface area (Å²) in [4.78, 5) is 31.4. The molecule has 0 bridgehead atoms. The van der Waals surface area contributed by atoms with E-state index in [0.717, 1.165) is 36.8 Å². The molecular weight excluding hydrogens is 528 g/mol. The predicted octanol–water partition coefficient (Wildman–Crippen LogP) is 2.19. The number of amides is 1. The van der Waals surface area contributed by atoms with Crippen molar-refractivity contribution in [1.82, 2.24) is 15.3 Å². The summed E-state index contributed by atoms with van der Waals surface area (Å²) < 4.78 is 30.5. The van der Waals surface area contributed by atoms with Crippen molar-refractivity contribution in [2.24, 2.45) is 5.16 Å². The monoisotopic (exact) mass is 556 g/mol. The number of pyridine rings is 1. The first-order chi connectivity index (χ1) is 18.5. The first-order valence-electron chi connectivity index (χ1n) is 12.7. The molecule has 2 N–H and O–H groups in total. The van der Waals surface area contributed by atoms with Crippen molar-refractivity contribution in [2.75, 3.05) is 49.6 Å². The van der Waals surface area contributed by atoms with Gasteiger partial charge in [0.2, 0.25) is 0 Å². The van der Waals surface area contributed by atoms with Crippen LogP contribution in [0.3, 0.4) is 0 Å². The third kappa shape index (κ3) is 5.37. The Labute approximate surface area is 224 Å². The molecule has 4 heterocycles. The quantitative estimate of drug-likeness (QED) is 0.316. The van der Waals surface area contributed by atoms with Crippen molar-refractivity contribution >= 4 is 54.1 Å². The van der Waals surface area contributed by atoms with E-state index in [2.05, 4.69) is 25.7 Å². The lowest BCUT2D eigenvalue weighted by Crippen LogP contribution is -2.43. The predicted molar refractivity (Wildman–Crippen MR) is 145 cm³/mol. The number of carbonyl (C=O) groups is 1. The fourth-order valence-electron chi connectivity index (χ4n) is 4.41. The lowest BCUT2D eigenvalue weighted by Gasteiger charge is -2.28. The molecule has 1 aliphatic carbocycles. The van der Waals surface area contributed by atoms with Gasteiger partial charge in [0.1, 0.15) is 16.2 Å². The third-order valence-corrected chi connectivity index (χ3v) is 9.88. The minimum absolute atomic E-state index is 0.0287. The molecule has 3 aliphatic rings. The van der Waals surface area contributed by atoms with Crippen LogP contribution < -0.4 is 15.5 Å². The van der Waals surface area contributed by atoms with Crippen LogP contribution in [0.5, 0.6) is 0 Å². The van der Waals surface area contributed by atoms with Crippen LogP contribution in [-0.2, 0) is 24.2 Å². The largest absolute Gasteiger partial charge is 0.389 e. The highest BCUT2D eigenvalue weighted by Gasteiger charge is 2.37. The van der Waals surface area contributed by atoms with Crippen LogP contribution in [0.15, 0.2) is 46.4 Å². The molecule has 38 heavy (non-hydrogen) atoms. The normalized spacial score (nSPS) is 20.6. The van der Waals surface area contributed by atoms with Crippen molar-refractivity contribution in [3.05, 3.63) is 42.0 Å². The van der Waals surface area contributed by atoms with E-state index >= 15 is 0 Å². The molecule has 0 spiro atoms. The molecule has 200 valence electrons. The Kier molecular flexibility index (Phi) is 6.99. The molecule has 2 aromatic heterocycles. The number of aromatic nitrogens is 2. The number of sulfone groups is 1. The zero-order valence-electron chi connectivity index (χ0n) is 20.6. The van der Waals surface area contributed by atoms with Crippen molar-refractivity contribution < 1.29 is 22.8 Å². The molecule has 13 heteroatoms. The summed E-state index contributed by atoms with van der Waals surface area (Å²) in [6, 6.07) is 10.1. The minimum Gasteiger partial charge on any atom is -0.389 e. The topological polar surface area (TPSA) is 135 Å². The van der Waals surface area contributed by atoms with Gasteiger partial charge in [0.15, 0.2) is 26.8 Å². The number of nitrogens with one attached hydrogen (secondary N) is 2. The molecule has 3 aromatic rings. The van der Waals surface area contributed by atoms with Gasteiger partial charge in [-0.2, -0.15) is 0 Å². The average molecular weight is 557 g/mol. The minimum atomic E-state index is -3.34. The summed E-state index contributed by atoms with van der Waals surface area (Å²) in [5.41, 5.74) is 1.16. The summed E-state index contributed by atoms with van der Waals surface area (Å²) in [6.45, 7) is 4.56. The van der Waals surface area contributed by atoms with Crippen LogP contribution in [-0.4, -0.2) is 80.8 Å². The van der Waals surface area contributed by atoms with Gasteiger partial charge < -0.3 is 19.8 Å². The lowest BCUT2D eigenvalue weighted by molar-refractivity contribution is -0.110. The number of oxime groups is 1. The number of anilines is 2. The van der Waals surface area contributed by atoms with Crippen LogP contribution in [0, 0.1) is 0 Å². The van der Waals surface area contributed by atoms with Gasteiger partial charge in [-0.25, -0.2) is 18.4 Å². The summed E-state index contributed by atoms with van der Waals surface area (Å²) in [5.74, 6) is 0.374. The molecule has 2 aliphatic heterocycles. The molecule has 1 amide bonds. The van der Waals surface area contributed by atoms with Crippen molar-refractivity contribution in [1.29, 1.82) is 0 Å². The van der Waals surface area contributed by atoms with Gasteiger partial charge in [-0.3, -0.25) is 10.1 Å². The van der Waals surface area contributed by atoms with Gasteiger partial charge in [-0.1, -0.05) is 28.6 Å². The Morgan fingerprint density at radius 2 is 1.89 bits per heavy atom. The fourth-order valence-corrected chi connectivity index (χ4v) is 6.89. The fraction of sp³-hybridized carbons (Fsp3) is 0.440. The molecule has 1 atom stereocenters. The highest BCUT2D eigenvalue weighted by atomic mass is 32.2. The number of benzene rings is 1. The van der Waals surface area contributed by atoms with E-state index in [-0.39, 0.29) is 22.0 Å². The van der Waals surface area contributed by atoms with Crippen LogP contribution in [0.2, 0.25) is 0 Å². The Hall–Kier alpha value is -3.13. The van der Waals surface area contributed by atoms with Crippen LogP contribution >= 0.6 is 11.3 Å². The van der Waals surface area contributed by atoms with Crippen molar-refractivity contribution in [3.8, 4) is 0 Å². The zero-order valence-corrected chi connectivity index (χ0v) is 22.3. The molecule has 6 rings (SSSR count). The number of hydrogen-bond donors (Lipinski definition) is 2. The van der Waals surface area contributed by atoms with E-state index in [9.17, 15) is 13.2 Å². The van der Waals surface area contributed by atoms with E-state index in [1.165, 1.54) is 23.5 Å². The Bertz CT molecular complexity index is 1460. The molecule has 2 saturated heterocycles. The van der Waals surface area contributed by atoms with E-state index in [4.69, 9.17) is 14.6 Å². The van der Waals surface area contributed by atoms with Gasteiger partial charge in [-0.05, 0) is 37.1 Å². The first-order valence-corrected chi connectivity index (χ1v) is 15.0. The Morgan fingerprint density at radius 3 is 2.61 bits per heavy atom. The summed E-state index contributed by atoms with van der Waals surface area (Å²) in [5, 5.41) is 10.4. The summed E-state index contributed by atoms with van der Waals surface area (Å²) in [7, 11) is -3.34. The van der Waals surface area contributed by atoms with Gasteiger partial charge in [-0.15, -0.1) is 0 Å². The first kappa shape index (κ1) is 25.2. The van der Waals surface area contributed by atoms with Gasteiger partial charge >= 0.3 is 0 Å². The van der Waals surface area contributed by atoms with E-state index in [1.54, 1.807) is 12.1 Å². The number of nitrogens with zero attached hydrogens (tertiary/aromatic N) is 4. The molecule has 0 unspecified atom stereocenters. The number of thiazole rings is 1. The zero-order chi connectivity index (χ0) is 26.1. The average Bonchev–Trinajstić information content (AvgIpc) is 3.54. The standard InChI is InChI=1S/C25H28N6O5S2/c32-23(29-25-27-20-7-8-21(28-24(20)37-25)31-12-10-26-11-13-31)22(30-36-17-9-14-35-15-17)16-1-3-18(4-2-16)38(33,34)19-5-6-19/h1-4,7-8,17,19,26H,5-6,9-15H2,(H,27,29,32)/b30-22+/t17-/m1/s1. The van der Waals surface area contributed by atoms with Crippen molar-refractivity contribution in [3.63, 3.8) is 0 Å². The van der Waals surface area contributed by atoms with E-state index in [1.807, 2.05) is 12.1 Å². The van der Waals surface area contributed by atoms with E-state index < -0.39 is 15.7 Å². The molecule has 1 aromatic carbocycles. The maximum absolute atomic E-state index is 13.4. The second kappa shape index (κ2) is 10.6. The second-order valence-electron chi connectivity index (χ2n) is 9.50. The van der Waals surface area contributed by atoms with E-state index in [0.29, 0.717) is 48.7 Å². The Morgan fingerprint density at radius 1 is 1.11 bits per heavy atom. The number of piperazine rings is 1. The van der Waals surface area contributed by atoms with Gasteiger partial charge in [0, 0.05) is 38.2 Å². The number of rotatable bonds is 8. The smallest absolute Gasteiger partial charge is 0.280 e. The SMILES string of the molecule is O=C(Nc1nc2ccc(N3CCNCC3)nc2s1)/C(=N/O[C@@H]1CCOC1)c1ccc(S(=O)(=O)C2CC2)cc1. The maximum Gasteiger partial charge on any atom is 0.280 e. The van der Waals surface area contributed by atoms with Crippen molar-refractivity contribution in [2.45, 2.75) is 35.5 Å². The molecule has 11 nitrogen and oxygen atoms in total. The second-order valence-corrected chi connectivity index (χ2v) is 12.7. The van der Waals surface area contributed by atoms with Crippen LogP contribution in [0.4, 0.5) is 10.9 Å². The highest BCUT2D eigenvalue weighted by molar-refractivity contribution is 7.92. The number of fused-ring (bicyclic) bond motifs is 1. The number of carbonyl (C=O) groups excluding carboxylic acids is 1. The van der Waals surface area contributed by atoms with Gasteiger partial charge in [0.05, 0.1) is 23.4 Å². The lowest BCUT2D eigenvalue weighted by atomic mass is 10.1. The van der Waals surface area contributed by atoms with Crippen LogP contribution in [0.25, 0.3) is 10.3 Å². The molecule has 1 saturated carbocycles.